The fourth-order valence-electron chi connectivity index (χ4n) is 2.55. The molecule has 1 saturated heterocycles. The number of nitrogens with one attached hydrogen (secondary N) is 1. The highest BCUT2D eigenvalue weighted by molar-refractivity contribution is 14.1. The first-order chi connectivity index (χ1) is 10.1. The van der Waals surface area contributed by atoms with Gasteiger partial charge in [0.15, 0.2) is 0 Å². The third-order valence-corrected chi connectivity index (χ3v) is 6.39. The van der Waals surface area contributed by atoms with Crippen LogP contribution in [-0.2, 0) is 14.8 Å². The molecule has 0 radical (unpaired) electrons. The molecule has 0 saturated carbocycles. The molecule has 2 rings (SSSR count). The number of rotatable bonds is 4. The maximum absolute atomic E-state index is 12.5. The van der Waals surface area contributed by atoms with Crippen molar-refractivity contribution in [3.05, 3.63) is 29.8 Å². The van der Waals surface area contributed by atoms with Crippen molar-refractivity contribution in [3.63, 3.8) is 0 Å². The van der Waals surface area contributed by atoms with Crippen molar-refractivity contribution in [2.75, 3.05) is 4.43 Å². The summed E-state index contributed by atoms with van der Waals surface area (Å²) in [5.74, 6) is 0. The summed E-state index contributed by atoms with van der Waals surface area (Å²) < 4.78 is 34.8. The van der Waals surface area contributed by atoms with E-state index in [1.807, 2.05) is 19.1 Å². The highest BCUT2D eigenvalue weighted by atomic mass is 127. The summed E-state index contributed by atoms with van der Waals surface area (Å²) in [7, 11) is -3.51. The molecule has 0 bridgehead atoms. The minimum absolute atomic E-state index is 0.00805. The van der Waals surface area contributed by atoms with Crippen LogP contribution in [-0.4, -0.2) is 31.1 Å². The SMILES string of the molecule is Cc1ccc(S(=O)(=O)N[C@@H]2C[C@@H](C(C)(C)C)O[C@@H]2CI)cc1. The molecule has 1 fully saturated rings. The minimum atomic E-state index is -3.51. The summed E-state index contributed by atoms with van der Waals surface area (Å²) in [6, 6.07) is 6.75. The van der Waals surface area contributed by atoms with Crippen LogP contribution in [0.4, 0.5) is 0 Å². The van der Waals surface area contributed by atoms with Crippen LogP contribution in [0.25, 0.3) is 0 Å². The van der Waals surface area contributed by atoms with Crippen LogP contribution in [0.5, 0.6) is 0 Å². The Morgan fingerprint density at radius 2 is 1.86 bits per heavy atom. The molecule has 4 nitrogen and oxygen atoms in total. The average molecular weight is 437 g/mol. The molecule has 1 aliphatic rings. The van der Waals surface area contributed by atoms with E-state index in [1.165, 1.54) is 0 Å². The number of sulfonamides is 1. The van der Waals surface area contributed by atoms with Crippen molar-refractivity contribution in [1.29, 1.82) is 0 Å². The molecule has 1 aliphatic heterocycles. The normalized spacial score (nSPS) is 26.3. The van der Waals surface area contributed by atoms with E-state index in [-0.39, 0.29) is 23.7 Å². The van der Waals surface area contributed by atoms with Crippen molar-refractivity contribution in [2.45, 2.75) is 57.3 Å². The second kappa shape index (κ2) is 6.75. The van der Waals surface area contributed by atoms with Crippen LogP contribution in [0.2, 0.25) is 0 Å². The molecule has 1 aromatic rings. The summed E-state index contributed by atoms with van der Waals surface area (Å²) in [6.45, 7) is 8.31. The van der Waals surface area contributed by atoms with Gasteiger partial charge in [0.25, 0.3) is 0 Å². The number of aryl methyl sites for hydroxylation is 1. The van der Waals surface area contributed by atoms with Crippen LogP contribution in [0.1, 0.15) is 32.8 Å². The van der Waals surface area contributed by atoms with Crippen LogP contribution >= 0.6 is 22.6 Å². The number of benzene rings is 1. The first kappa shape index (κ1) is 18.2. The van der Waals surface area contributed by atoms with Gasteiger partial charge in [-0.3, -0.25) is 0 Å². The highest BCUT2D eigenvalue weighted by Crippen LogP contribution is 2.34. The van der Waals surface area contributed by atoms with Gasteiger partial charge in [0.2, 0.25) is 10.0 Å². The van der Waals surface area contributed by atoms with Crippen molar-refractivity contribution >= 4 is 32.6 Å². The third-order valence-electron chi connectivity index (χ3n) is 4.01. The second-order valence-corrected chi connectivity index (χ2v) is 9.55. The number of halogens is 1. The number of ether oxygens (including phenoxy) is 1. The molecule has 1 N–H and O–H groups in total. The maximum atomic E-state index is 12.5. The summed E-state index contributed by atoms with van der Waals surface area (Å²) in [5, 5.41) is 0. The van der Waals surface area contributed by atoms with Gasteiger partial charge in [0.05, 0.1) is 23.1 Å². The lowest BCUT2D eigenvalue weighted by molar-refractivity contribution is -0.00700. The fourth-order valence-corrected chi connectivity index (χ4v) is 4.65. The molecule has 1 heterocycles. The summed E-state index contributed by atoms with van der Waals surface area (Å²) in [6.07, 6.45) is 0.699. The molecule has 0 unspecified atom stereocenters. The van der Waals surface area contributed by atoms with Gasteiger partial charge in [-0.2, -0.15) is 0 Å². The van der Waals surface area contributed by atoms with Gasteiger partial charge in [-0.25, -0.2) is 13.1 Å². The summed E-state index contributed by atoms with van der Waals surface area (Å²) in [4.78, 5) is 0.310. The minimum Gasteiger partial charge on any atom is -0.372 e. The van der Waals surface area contributed by atoms with Gasteiger partial charge in [-0.1, -0.05) is 61.1 Å². The molecule has 0 spiro atoms. The van der Waals surface area contributed by atoms with Gasteiger partial charge in [-0.15, -0.1) is 0 Å². The molecule has 3 atom stereocenters. The Morgan fingerprint density at radius 3 is 2.36 bits per heavy atom. The first-order valence-electron chi connectivity index (χ1n) is 7.44. The zero-order chi connectivity index (χ0) is 16.5. The second-order valence-electron chi connectivity index (χ2n) is 6.96. The largest absolute Gasteiger partial charge is 0.372 e. The standard InChI is InChI=1S/C16H24INO3S/c1-11-5-7-12(8-6-11)22(19,20)18-13-9-15(16(2,3)4)21-14(13)10-17/h5-8,13-15,18H,9-10H2,1-4H3/t13-,14-,15+/m1/s1. The molecule has 6 heteroatoms. The van der Waals surface area contributed by atoms with Crippen molar-refractivity contribution in [3.8, 4) is 0 Å². The van der Waals surface area contributed by atoms with E-state index < -0.39 is 10.0 Å². The Labute approximate surface area is 147 Å². The lowest BCUT2D eigenvalue weighted by Crippen LogP contribution is -2.41. The van der Waals surface area contributed by atoms with Crippen LogP contribution in [0.15, 0.2) is 29.2 Å². The lowest BCUT2D eigenvalue weighted by atomic mass is 9.87. The van der Waals surface area contributed by atoms with E-state index in [0.717, 1.165) is 9.99 Å². The zero-order valence-electron chi connectivity index (χ0n) is 13.5. The molecule has 124 valence electrons. The average Bonchev–Trinajstić information content (AvgIpc) is 2.81. The van der Waals surface area contributed by atoms with E-state index in [1.54, 1.807) is 12.1 Å². The predicted octanol–water partition coefficient (Wildman–Crippen LogP) is 3.28. The van der Waals surface area contributed by atoms with E-state index in [9.17, 15) is 8.42 Å². The first-order valence-corrected chi connectivity index (χ1v) is 10.4. The third kappa shape index (κ3) is 4.21. The number of alkyl halides is 1. The molecule has 0 amide bonds. The predicted molar refractivity (Wildman–Crippen MR) is 96.9 cm³/mol. The fraction of sp³-hybridized carbons (Fsp3) is 0.625. The van der Waals surface area contributed by atoms with Gasteiger partial charge in [-0.05, 0) is 30.9 Å². The number of hydrogen-bond donors (Lipinski definition) is 1. The van der Waals surface area contributed by atoms with Crippen molar-refractivity contribution < 1.29 is 13.2 Å². The Kier molecular flexibility index (Phi) is 5.57. The van der Waals surface area contributed by atoms with Gasteiger partial charge in [0.1, 0.15) is 0 Å². The van der Waals surface area contributed by atoms with Gasteiger partial charge >= 0.3 is 0 Å². The summed E-state index contributed by atoms with van der Waals surface area (Å²) >= 11 is 2.25. The van der Waals surface area contributed by atoms with Crippen LogP contribution in [0, 0.1) is 12.3 Å². The molecule has 1 aromatic carbocycles. The van der Waals surface area contributed by atoms with Crippen molar-refractivity contribution in [1.82, 2.24) is 4.72 Å². The molecule has 22 heavy (non-hydrogen) atoms. The lowest BCUT2D eigenvalue weighted by Gasteiger charge is -2.26. The molecular formula is C16H24INO3S. The van der Waals surface area contributed by atoms with E-state index in [0.29, 0.717) is 11.3 Å². The Morgan fingerprint density at radius 1 is 1.27 bits per heavy atom. The highest BCUT2D eigenvalue weighted by Gasteiger charge is 2.41. The Balaban J connectivity index is 2.16. The topological polar surface area (TPSA) is 55.4 Å². The van der Waals surface area contributed by atoms with Gasteiger partial charge in [0, 0.05) is 4.43 Å². The van der Waals surface area contributed by atoms with Crippen LogP contribution in [0.3, 0.4) is 0 Å². The van der Waals surface area contributed by atoms with E-state index in [2.05, 4.69) is 48.1 Å². The maximum Gasteiger partial charge on any atom is 0.240 e. The van der Waals surface area contributed by atoms with E-state index >= 15 is 0 Å². The zero-order valence-corrected chi connectivity index (χ0v) is 16.4. The molecular weight excluding hydrogens is 413 g/mol. The summed E-state index contributed by atoms with van der Waals surface area (Å²) in [5.41, 5.74) is 1.05. The monoisotopic (exact) mass is 437 g/mol. The van der Waals surface area contributed by atoms with Crippen LogP contribution < -0.4 is 4.72 Å². The molecule has 0 aliphatic carbocycles. The Hall–Kier alpha value is -0.180. The molecule has 0 aromatic heterocycles. The van der Waals surface area contributed by atoms with Crippen molar-refractivity contribution in [2.24, 2.45) is 5.41 Å². The number of hydrogen-bond acceptors (Lipinski definition) is 3. The van der Waals surface area contributed by atoms with Gasteiger partial charge < -0.3 is 4.74 Å². The van der Waals surface area contributed by atoms with E-state index in [4.69, 9.17) is 4.74 Å². The smallest absolute Gasteiger partial charge is 0.240 e. The Bertz CT molecular complexity index is 607. The quantitative estimate of drug-likeness (QED) is 0.581.